The maximum absolute atomic E-state index is 13.8. The zero-order valence-corrected chi connectivity index (χ0v) is 37.0. The molecule has 0 radical (unpaired) electrons. The number of carbonyl (C=O) groups excluding carboxylic acids is 6. The van der Waals surface area contributed by atoms with E-state index in [0.717, 1.165) is 11.1 Å². The molecule has 0 aromatic heterocycles. The van der Waals surface area contributed by atoms with Gasteiger partial charge < -0.3 is 19.3 Å². The first-order chi connectivity index (χ1) is 32.1. The molecule has 8 rings (SSSR count). The molecule has 0 aliphatic carbocycles. The normalized spacial score (nSPS) is 13.3. The summed E-state index contributed by atoms with van der Waals surface area (Å²) in [6, 6.07) is 48.8. The Kier molecular flexibility index (Phi) is 15.7. The molecular formula is C56H50N2O8. The molecule has 0 N–H and O–H groups in total. The van der Waals surface area contributed by atoms with Crippen molar-refractivity contribution in [2.75, 3.05) is 52.6 Å². The minimum Gasteiger partial charge on any atom is -0.378 e. The number of morpholine rings is 2. The molecule has 10 nitrogen and oxygen atoms in total. The van der Waals surface area contributed by atoms with Gasteiger partial charge in [0.15, 0.2) is 23.1 Å². The Balaban J connectivity index is 0.000000196. The van der Waals surface area contributed by atoms with E-state index in [9.17, 15) is 28.8 Å². The SMILES string of the molecule is Cc1ccc(C(=O)C(=C(C(=O)c2ccccc2)C(=O)c2ccccc2)N2CCOCC2)cc1.Cc1ccc(C(=O)C(=C(C(=O)c2ccccc2)C(=O)c2ccccc2)N2CCOCC2)cc1. The third-order valence-corrected chi connectivity index (χ3v) is 11.2. The molecule has 2 aliphatic rings. The van der Waals surface area contributed by atoms with E-state index in [1.807, 2.05) is 47.9 Å². The molecule has 6 aromatic carbocycles. The van der Waals surface area contributed by atoms with Crippen LogP contribution in [-0.2, 0) is 9.47 Å². The fourth-order valence-corrected chi connectivity index (χ4v) is 7.66. The number of carbonyl (C=O) groups is 6. The van der Waals surface area contributed by atoms with Crippen LogP contribution in [0.3, 0.4) is 0 Å². The number of hydrogen-bond donors (Lipinski definition) is 0. The van der Waals surface area contributed by atoms with Crippen molar-refractivity contribution >= 4 is 34.7 Å². The number of allylic oxidation sites excluding steroid dienone is 4. The van der Waals surface area contributed by atoms with E-state index in [1.54, 1.807) is 146 Å². The van der Waals surface area contributed by atoms with Gasteiger partial charge in [-0.15, -0.1) is 0 Å². The largest absolute Gasteiger partial charge is 0.378 e. The third kappa shape index (κ3) is 11.2. The Morgan fingerprint density at radius 2 is 0.545 bits per heavy atom. The highest BCUT2D eigenvalue weighted by Crippen LogP contribution is 2.27. The van der Waals surface area contributed by atoms with E-state index in [-0.39, 0.29) is 34.1 Å². The summed E-state index contributed by atoms with van der Waals surface area (Å²) in [6.07, 6.45) is 0. The molecule has 0 spiro atoms. The van der Waals surface area contributed by atoms with Crippen LogP contribution in [-0.4, -0.2) is 97.1 Å². The second kappa shape index (κ2) is 22.3. The van der Waals surface area contributed by atoms with Crippen LogP contribution in [0.4, 0.5) is 0 Å². The van der Waals surface area contributed by atoms with Crippen molar-refractivity contribution in [2.45, 2.75) is 13.8 Å². The number of ether oxygens (including phenoxy) is 2. The number of benzene rings is 6. The van der Waals surface area contributed by atoms with Crippen molar-refractivity contribution in [3.05, 3.63) is 237 Å². The van der Waals surface area contributed by atoms with Gasteiger partial charge in [0.05, 0.1) is 37.6 Å². The lowest BCUT2D eigenvalue weighted by atomic mass is 9.90. The van der Waals surface area contributed by atoms with Crippen LogP contribution in [0, 0.1) is 13.8 Å². The molecule has 2 fully saturated rings. The van der Waals surface area contributed by atoms with Gasteiger partial charge in [0.1, 0.15) is 11.4 Å². The summed E-state index contributed by atoms with van der Waals surface area (Å²) in [6.45, 7) is 7.21. The van der Waals surface area contributed by atoms with Crippen molar-refractivity contribution in [2.24, 2.45) is 0 Å². The van der Waals surface area contributed by atoms with Crippen LogP contribution in [0.15, 0.2) is 192 Å². The standard InChI is InChI=1S/2C28H25NO4/c2*1-20-12-14-23(15-13-20)28(32)25(29-16-18-33-19-17-29)24(26(30)21-8-4-2-5-9-21)27(31)22-10-6-3-7-11-22/h2*2-15H,16-19H2,1H3. The van der Waals surface area contributed by atoms with Crippen LogP contribution < -0.4 is 0 Å². The summed E-state index contributed by atoms with van der Waals surface area (Å²) in [7, 11) is 0. The van der Waals surface area contributed by atoms with Gasteiger partial charge in [-0.3, -0.25) is 28.8 Å². The summed E-state index contributed by atoms with van der Waals surface area (Å²) in [5, 5.41) is 0. The number of nitrogens with zero attached hydrogens (tertiary/aromatic N) is 2. The molecule has 0 amide bonds. The van der Waals surface area contributed by atoms with Gasteiger partial charge in [0.25, 0.3) is 0 Å². The average Bonchev–Trinajstić information content (AvgIpc) is 3.38. The first kappa shape index (κ1) is 46.3. The van der Waals surface area contributed by atoms with Crippen LogP contribution in [0.1, 0.15) is 73.3 Å². The summed E-state index contributed by atoms with van der Waals surface area (Å²) in [4.78, 5) is 86.2. The summed E-state index contributed by atoms with van der Waals surface area (Å²) < 4.78 is 11.0. The van der Waals surface area contributed by atoms with Gasteiger partial charge in [-0.05, 0) is 13.8 Å². The molecule has 0 saturated carbocycles. The lowest BCUT2D eigenvalue weighted by molar-refractivity contribution is 0.0494. The fraction of sp³-hybridized carbons (Fsp3) is 0.179. The summed E-state index contributed by atoms with van der Waals surface area (Å²) in [5.41, 5.74) is 4.38. The van der Waals surface area contributed by atoms with E-state index in [0.29, 0.717) is 86.0 Å². The second-order valence-corrected chi connectivity index (χ2v) is 15.8. The number of rotatable bonds is 14. The molecule has 0 atom stereocenters. The molecule has 6 aromatic rings. The van der Waals surface area contributed by atoms with E-state index in [1.165, 1.54) is 0 Å². The predicted octanol–water partition coefficient (Wildman–Crippen LogP) is 9.06. The van der Waals surface area contributed by atoms with Gasteiger partial charge in [0.2, 0.25) is 11.6 Å². The van der Waals surface area contributed by atoms with Crippen molar-refractivity contribution in [3.63, 3.8) is 0 Å². The van der Waals surface area contributed by atoms with Crippen molar-refractivity contribution in [1.82, 2.24) is 9.80 Å². The molecule has 2 saturated heterocycles. The van der Waals surface area contributed by atoms with Crippen LogP contribution in [0.5, 0.6) is 0 Å². The Bertz CT molecular complexity index is 2440. The number of Topliss-reactive ketones (excluding diaryl/α,β-unsaturated/α-hetero) is 6. The minimum atomic E-state index is -0.466. The molecule has 66 heavy (non-hydrogen) atoms. The molecule has 2 heterocycles. The predicted molar refractivity (Wildman–Crippen MR) is 253 cm³/mol. The lowest BCUT2D eigenvalue weighted by Crippen LogP contribution is -2.40. The average molecular weight is 879 g/mol. The van der Waals surface area contributed by atoms with Gasteiger partial charge in [-0.25, -0.2) is 0 Å². The quantitative estimate of drug-likeness (QED) is 0.0453. The van der Waals surface area contributed by atoms with Crippen LogP contribution >= 0.6 is 0 Å². The Morgan fingerprint density at radius 3 is 0.788 bits per heavy atom. The number of hydrogen-bond acceptors (Lipinski definition) is 10. The molecule has 0 unspecified atom stereocenters. The highest BCUT2D eigenvalue weighted by atomic mass is 16.5. The molecule has 10 heteroatoms. The topological polar surface area (TPSA) is 127 Å². The highest BCUT2D eigenvalue weighted by molar-refractivity contribution is 6.35. The van der Waals surface area contributed by atoms with Crippen LogP contribution in [0.25, 0.3) is 0 Å². The number of ketones is 6. The zero-order chi connectivity index (χ0) is 46.4. The zero-order valence-electron chi connectivity index (χ0n) is 37.0. The van der Waals surface area contributed by atoms with E-state index in [2.05, 4.69) is 0 Å². The third-order valence-electron chi connectivity index (χ3n) is 11.2. The Labute approximate surface area is 384 Å². The van der Waals surface area contributed by atoms with Crippen molar-refractivity contribution in [3.8, 4) is 0 Å². The highest BCUT2D eigenvalue weighted by Gasteiger charge is 2.35. The molecular weight excluding hydrogens is 829 g/mol. The monoisotopic (exact) mass is 878 g/mol. The maximum atomic E-state index is 13.8. The van der Waals surface area contributed by atoms with Gasteiger partial charge in [0, 0.05) is 59.6 Å². The van der Waals surface area contributed by atoms with Gasteiger partial charge >= 0.3 is 0 Å². The van der Waals surface area contributed by atoms with E-state index >= 15 is 0 Å². The first-order valence-electron chi connectivity index (χ1n) is 21.9. The second-order valence-electron chi connectivity index (χ2n) is 15.8. The molecule has 2 aliphatic heterocycles. The van der Waals surface area contributed by atoms with Gasteiger partial charge in [-0.1, -0.05) is 181 Å². The smallest absolute Gasteiger partial charge is 0.209 e. The molecule has 0 bridgehead atoms. The van der Waals surface area contributed by atoms with E-state index in [4.69, 9.17) is 9.47 Å². The number of aryl methyl sites for hydroxylation is 2. The van der Waals surface area contributed by atoms with Gasteiger partial charge in [-0.2, -0.15) is 0 Å². The Hall–Kier alpha value is -7.66. The summed E-state index contributed by atoms with van der Waals surface area (Å²) in [5.74, 6) is -2.56. The van der Waals surface area contributed by atoms with Crippen LogP contribution in [0.2, 0.25) is 0 Å². The van der Waals surface area contributed by atoms with Crippen molar-refractivity contribution < 1.29 is 38.2 Å². The van der Waals surface area contributed by atoms with E-state index < -0.39 is 23.1 Å². The Morgan fingerprint density at radius 1 is 0.318 bits per heavy atom. The maximum Gasteiger partial charge on any atom is 0.209 e. The lowest BCUT2D eigenvalue weighted by Gasteiger charge is -2.31. The molecule has 332 valence electrons. The minimum absolute atomic E-state index is 0.111. The fourth-order valence-electron chi connectivity index (χ4n) is 7.66. The summed E-state index contributed by atoms with van der Waals surface area (Å²) >= 11 is 0. The van der Waals surface area contributed by atoms with Crippen molar-refractivity contribution in [1.29, 1.82) is 0 Å². The first-order valence-corrected chi connectivity index (χ1v) is 21.9.